The Morgan fingerprint density at radius 1 is 0.552 bits per heavy atom. The number of azo groups is 1. The molecular weight excluding hydrogens is 733 g/mol. The van der Waals surface area contributed by atoms with Gasteiger partial charge in [0.25, 0.3) is 0 Å². The molecule has 0 spiro atoms. The molecule has 10 nitrogen and oxygen atoms in total. The molecule has 4 unspecified atom stereocenters. The van der Waals surface area contributed by atoms with Gasteiger partial charge in [0, 0.05) is 12.8 Å². The van der Waals surface area contributed by atoms with Gasteiger partial charge in [-0.15, -0.1) is 0 Å². The second-order valence-electron chi connectivity index (χ2n) is 23.1. The molecule has 10 heteroatoms. The molecule has 0 bridgehead atoms. The lowest BCUT2D eigenvalue weighted by Crippen LogP contribution is -2.62. The third kappa shape index (κ3) is 6.76. The smallest absolute Gasteiger partial charge is 0.303 e. The number of rotatable bonds is 10. The Balaban J connectivity index is 1.15. The lowest BCUT2D eigenvalue weighted by atomic mass is 9.42. The van der Waals surface area contributed by atoms with Crippen LogP contribution in [0.25, 0.3) is 0 Å². The zero-order chi connectivity index (χ0) is 41.7. The van der Waals surface area contributed by atoms with Gasteiger partial charge in [-0.05, 0) is 195 Å². The van der Waals surface area contributed by atoms with Crippen LogP contribution in [0.2, 0.25) is 0 Å². The molecular formula is C48H78N2O8. The van der Waals surface area contributed by atoms with Crippen LogP contribution in [-0.2, 0) is 9.59 Å². The van der Waals surface area contributed by atoms with Crippen LogP contribution in [0.15, 0.2) is 10.2 Å². The average Bonchev–Trinajstić information content (AvgIpc) is 3.72. The fourth-order valence-electron chi connectivity index (χ4n) is 17.8. The molecule has 0 aliphatic heterocycles. The van der Waals surface area contributed by atoms with Crippen LogP contribution in [0.1, 0.15) is 157 Å². The molecule has 6 N–H and O–H groups in total. The largest absolute Gasteiger partial charge is 0.481 e. The van der Waals surface area contributed by atoms with Crippen LogP contribution in [-0.4, -0.2) is 79.1 Å². The number of fused-ring (bicyclic) bond motifs is 10. The highest BCUT2D eigenvalue weighted by Gasteiger charge is 2.68. The average molecular weight is 811 g/mol. The molecule has 0 aromatic heterocycles. The Kier molecular flexibility index (Phi) is 11.6. The van der Waals surface area contributed by atoms with Gasteiger partial charge in [0.2, 0.25) is 0 Å². The van der Waals surface area contributed by atoms with Crippen molar-refractivity contribution in [3.63, 3.8) is 0 Å². The molecule has 8 rings (SSSR count). The summed E-state index contributed by atoms with van der Waals surface area (Å²) in [4.78, 5) is 23.3. The highest BCUT2D eigenvalue weighted by atomic mass is 16.4. The third-order valence-electron chi connectivity index (χ3n) is 21.0. The van der Waals surface area contributed by atoms with Crippen molar-refractivity contribution in [2.75, 3.05) is 0 Å². The van der Waals surface area contributed by atoms with Crippen molar-refractivity contribution >= 4 is 11.9 Å². The molecule has 58 heavy (non-hydrogen) atoms. The molecule has 0 heterocycles. The Morgan fingerprint density at radius 2 is 0.931 bits per heavy atom. The van der Waals surface area contributed by atoms with Crippen molar-refractivity contribution in [2.45, 2.75) is 194 Å². The minimum atomic E-state index is -0.761. The van der Waals surface area contributed by atoms with E-state index < -0.39 is 24.1 Å². The summed E-state index contributed by atoms with van der Waals surface area (Å²) in [6.45, 7) is 13.9. The van der Waals surface area contributed by atoms with Gasteiger partial charge in [-0.2, -0.15) is 10.2 Å². The molecule has 0 aromatic rings. The lowest BCUT2D eigenvalue weighted by molar-refractivity contribution is -0.184. The third-order valence-corrected chi connectivity index (χ3v) is 21.0. The number of hydrogen-bond acceptors (Lipinski definition) is 8. The molecule has 0 aromatic carbocycles. The zero-order valence-corrected chi connectivity index (χ0v) is 36.5. The van der Waals surface area contributed by atoms with Crippen molar-refractivity contribution in [1.82, 2.24) is 0 Å². The first-order chi connectivity index (χ1) is 27.3. The summed E-state index contributed by atoms with van der Waals surface area (Å²) in [5, 5.41) is 77.0. The fourth-order valence-corrected chi connectivity index (χ4v) is 17.8. The predicted molar refractivity (Wildman–Crippen MR) is 220 cm³/mol. The summed E-state index contributed by atoms with van der Waals surface area (Å²) in [6, 6.07) is -0.0372. The number of hydrogen-bond donors (Lipinski definition) is 6. The standard InChI is InChI=1S/C48H78N2O8/c1-25(7-13-41(55)56)31-9-11-33-43-35(23-39(53)47(31,33)5)45(3)17-15-29(51)19-27(45)21-37(43)49-50-38-22-28-20-30(52)16-18-46(28,4)36-24-40(54)48(6)32(10-12-34(48)44(36)38)26(2)8-14-42(57)58/h25-40,43-44,51-54H,7-24H2,1-6H3,(H,55,56)(H,57,58)/t25-,26-,27?,28?,29-,30-,31-,32-,33+,34+,35+,36+,37?,38?,39+,40+,43+,44+,45+,46+,47-,48-/m1/s1. The van der Waals surface area contributed by atoms with Gasteiger partial charge in [-0.1, -0.05) is 41.5 Å². The number of carboxylic acid groups (broad SMARTS) is 2. The predicted octanol–water partition coefficient (Wildman–Crippen LogP) is 8.38. The molecule has 0 amide bonds. The molecule has 8 aliphatic carbocycles. The summed E-state index contributed by atoms with van der Waals surface area (Å²) in [5.74, 6) is 1.57. The zero-order valence-electron chi connectivity index (χ0n) is 36.5. The van der Waals surface area contributed by atoms with E-state index in [1.165, 1.54) is 0 Å². The number of aliphatic hydroxyl groups is 4. The van der Waals surface area contributed by atoms with Gasteiger partial charge in [0.1, 0.15) is 0 Å². The summed E-state index contributed by atoms with van der Waals surface area (Å²) in [6.07, 6.45) is 12.3. The first-order valence-electron chi connectivity index (χ1n) is 23.9. The SMILES string of the molecule is C[C@H](CCC(=O)O)[C@H]1CC[C@H]2[C@@H]3C(N=NC4CC5C[C@H](O)CC[C@]5(C)[C@H]5C[C@H](O)[C@]6(C)[C@@H]([C@H](C)CCC(=O)O)CC[C@H]6[C@H]45)CC4C[C@H](O)CC[C@]4(C)[C@H]3C[C@H](O)[C@]12C. The molecule has 0 saturated heterocycles. The van der Waals surface area contributed by atoms with Crippen molar-refractivity contribution < 1.29 is 40.2 Å². The topological polar surface area (TPSA) is 180 Å². The molecule has 8 fully saturated rings. The second kappa shape index (κ2) is 15.6. The highest BCUT2D eigenvalue weighted by molar-refractivity contribution is 5.66. The van der Waals surface area contributed by atoms with Gasteiger partial charge >= 0.3 is 11.9 Å². The molecule has 8 saturated carbocycles. The van der Waals surface area contributed by atoms with E-state index in [1.807, 2.05) is 0 Å². The second-order valence-corrected chi connectivity index (χ2v) is 23.1. The summed E-state index contributed by atoms with van der Waals surface area (Å²) >= 11 is 0. The van der Waals surface area contributed by atoms with Crippen LogP contribution in [0.3, 0.4) is 0 Å². The summed E-state index contributed by atoms with van der Waals surface area (Å²) < 4.78 is 0. The van der Waals surface area contributed by atoms with Gasteiger partial charge in [0.15, 0.2) is 0 Å². The minimum absolute atomic E-state index is 0.0126. The quantitative estimate of drug-likeness (QED) is 0.119. The van der Waals surface area contributed by atoms with Crippen LogP contribution in [0.4, 0.5) is 0 Å². The number of carboxylic acids is 2. The monoisotopic (exact) mass is 811 g/mol. The van der Waals surface area contributed by atoms with E-state index in [9.17, 15) is 40.2 Å². The van der Waals surface area contributed by atoms with Crippen LogP contribution in [0, 0.1) is 92.7 Å². The minimum Gasteiger partial charge on any atom is -0.481 e. The van der Waals surface area contributed by atoms with Crippen LogP contribution >= 0.6 is 0 Å². The summed E-state index contributed by atoms with van der Waals surface area (Å²) in [5.41, 5.74) is -0.618. The van der Waals surface area contributed by atoms with Gasteiger partial charge in [-0.3, -0.25) is 9.59 Å². The van der Waals surface area contributed by atoms with Crippen molar-refractivity contribution in [2.24, 2.45) is 103 Å². The van der Waals surface area contributed by atoms with E-state index in [-0.39, 0.29) is 118 Å². The number of aliphatic carboxylic acids is 2. The van der Waals surface area contributed by atoms with E-state index in [4.69, 9.17) is 10.2 Å². The number of nitrogens with zero attached hydrogens (tertiary/aromatic N) is 2. The Morgan fingerprint density at radius 3 is 1.29 bits per heavy atom. The fraction of sp³-hybridized carbons (Fsp3) is 0.958. The van der Waals surface area contributed by atoms with Crippen molar-refractivity contribution in [3.8, 4) is 0 Å². The normalized spacial score (nSPS) is 53.3. The van der Waals surface area contributed by atoms with E-state index in [1.54, 1.807) is 0 Å². The Hall–Kier alpha value is -1.62. The molecule has 8 aliphatic rings. The maximum absolute atomic E-state index is 12.3. The van der Waals surface area contributed by atoms with Crippen molar-refractivity contribution in [3.05, 3.63) is 0 Å². The van der Waals surface area contributed by atoms with E-state index in [2.05, 4.69) is 41.5 Å². The van der Waals surface area contributed by atoms with Crippen LogP contribution < -0.4 is 0 Å². The Bertz CT molecular complexity index is 1460. The summed E-state index contributed by atoms with van der Waals surface area (Å²) in [7, 11) is 0. The number of carbonyl (C=O) groups is 2. The van der Waals surface area contributed by atoms with Crippen molar-refractivity contribution in [1.29, 1.82) is 0 Å². The van der Waals surface area contributed by atoms with E-state index in [0.717, 1.165) is 89.9 Å². The maximum Gasteiger partial charge on any atom is 0.303 e. The lowest BCUT2D eigenvalue weighted by Gasteiger charge is -2.64. The van der Waals surface area contributed by atoms with E-state index in [0.29, 0.717) is 24.7 Å². The molecule has 22 atom stereocenters. The Labute approximate surface area is 347 Å². The van der Waals surface area contributed by atoms with E-state index >= 15 is 0 Å². The maximum atomic E-state index is 12.3. The number of aliphatic hydroxyl groups excluding tert-OH is 4. The van der Waals surface area contributed by atoms with Gasteiger partial charge in [-0.25, -0.2) is 0 Å². The molecule has 328 valence electrons. The first kappa shape index (κ1) is 43.0. The highest BCUT2D eigenvalue weighted by Crippen LogP contribution is 2.71. The molecule has 0 radical (unpaired) electrons. The first-order valence-corrected chi connectivity index (χ1v) is 23.9. The van der Waals surface area contributed by atoms with Crippen LogP contribution in [0.5, 0.6) is 0 Å². The van der Waals surface area contributed by atoms with Gasteiger partial charge < -0.3 is 30.6 Å². The van der Waals surface area contributed by atoms with Gasteiger partial charge in [0.05, 0.1) is 36.5 Å².